The van der Waals surface area contributed by atoms with E-state index in [-0.39, 0.29) is 18.9 Å². The third kappa shape index (κ3) is 50.2. The number of allylic oxidation sites excluding steroid dienone is 9. The van der Waals surface area contributed by atoms with Crippen LogP contribution in [0.3, 0.4) is 0 Å². The van der Waals surface area contributed by atoms with Crippen molar-refractivity contribution in [2.75, 3.05) is 19.8 Å². The van der Waals surface area contributed by atoms with Gasteiger partial charge in [0.2, 0.25) is 5.91 Å². The van der Waals surface area contributed by atoms with Gasteiger partial charge in [0, 0.05) is 6.42 Å². The molecule has 574 valence electrons. The average Bonchev–Trinajstić information content (AvgIpc) is 0.797. The minimum atomic E-state index is -1.79. The molecule has 0 aromatic rings. The molecule has 2 heterocycles. The highest BCUT2D eigenvalue weighted by atomic mass is 16.7. The Morgan fingerprint density at radius 2 is 0.684 bits per heavy atom. The van der Waals surface area contributed by atoms with Gasteiger partial charge in [0.15, 0.2) is 12.6 Å². The number of hydrogen-bond acceptors (Lipinski definition) is 13. The molecule has 0 bridgehead atoms. The van der Waals surface area contributed by atoms with E-state index in [9.17, 15) is 45.6 Å². The van der Waals surface area contributed by atoms with Crippen molar-refractivity contribution >= 4 is 5.91 Å². The molecule has 2 rings (SSSR count). The van der Waals surface area contributed by atoms with E-state index in [1.54, 1.807) is 6.08 Å². The van der Waals surface area contributed by atoms with Gasteiger partial charge in [-0.05, 0) is 77.0 Å². The van der Waals surface area contributed by atoms with Crippen LogP contribution in [0.1, 0.15) is 373 Å². The summed E-state index contributed by atoms with van der Waals surface area (Å²) in [5.74, 6) is -0.247. The summed E-state index contributed by atoms with van der Waals surface area (Å²) < 4.78 is 22.9. The van der Waals surface area contributed by atoms with Gasteiger partial charge >= 0.3 is 0 Å². The fourth-order valence-electron chi connectivity index (χ4n) is 13.6. The van der Waals surface area contributed by atoms with Gasteiger partial charge in [0.25, 0.3) is 0 Å². The Bertz CT molecular complexity index is 1880. The summed E-state index contributed by atoms with van der Waals surface area (Å²) in [4.78, 5) is 13.4. The van der Waals surface area contributed by atoms with Crippen molar-refractivity contribution < 1.29 is 64.6 Å². The second-order valence-corrected chi connectivity index (χ2v) is 29.2. The molecule has 2 aliphatic heterocycles. The van der Waals surface area contributed by atoms with E-state index in [2.05, 4.69) is 67.8 Å². The average molecular weight is 1390 g/mol. The number of carbonyl (C=O) groups excluding carboxylic acids is 1. The van der Waals surface area contributed by atoms with Crippen LogP contribution in [0.2, 0.25) is 0 Å². The molecule has 9 N–H and O–H groups in total. The molecule has 0 aromatic heterocycles. The number of amides is 1. The Labute approximate surface area is 600 Å². The fourth-order valence-corrected chi connectivity index (χ4v) is 13.6. The number of ether oxygens (including phenoxy) is 4. The Balaban J connectivity index is 1.62. The maximum atomic E-state index is 13.4. The van der Waals surface area contributed by atoms with Gasteiger partial charge in [0.05, 0.1) is 32.0 Å². The summed E-state index contributed by atoms with van der Waals surface area (Å²) in [6, 6.07) is -0.941. The van der Waals surface area contributed by atoms with Crippen LogP contribution in [-0.4, -0.2) is 140 Å². The molecule has 2 fully saturated rings. The number of rotatable bonds is 70. The zero-order valence-corrected chi connectivity index (χ0v) is 63.0. The summed E-state index contributed by atoms with van der Waals surface area (Å²) in [6.45, 7) is 2.82. The number of aliphatic hydroxyl groups is 8. The Hall–Kier alpha value is -2.31. The lowest BCUT2D eigenvalue weighted by Crippen LogP contribution is -2.65. The summed E-state index contributed by atoms with van der Waals surface area (Å²) in [6.07, 6.45) is 76.1. The molecule has 0 radical (unpaired) electrons. The molecule has 14 heteroatoms. The molecule has 1 amide bonds. The van der Waals surface area contributed by atoms with Crippen LogP contribution in [0.4, 0.5) is 0 Å². The third-order valence-electron chi connectivity index (χ3n) is 20.2. The highest BCUT2D eigenvalue weighted by molar-refractivity contribution is 5.76. The van der Waals surface area contributed by atoms with Crippen LogP contribution in [-0.2, 0) is 23.7 Å². The largest absolute Gasteiger partial charge is 0.394 e. The summed E-state index contributed by atoms with van der Waals surface area (Å²) in [7, 11) is 0. The van der Waals surface area contributed by atoms with Crippen LogP contribution >= 0.6 is 0 Å². The third-order valence-corrected chi connectivity index (χ3v) is 20.2. The number of hydrogen-bond donors (Lipinski definition) is 9. The molecule has 0 spiro atoms. The first-order chi connectivity index (χ1) is 48.1. The Morgan fingerprint density at radius 3 is 1.06 bits per heavy atom. The van der Waals surface area contributed by atoms with Gasteiger partial charge < -0.3 is 65.1 Å². The van der Waals surface area contributed by atoms with Crippen molar-refractivity contribution in [3.8, 4) is 0 Å². The van der Waals surface area contributed by atoms with Crippen LogP contribution in [0.25, 0.3) is 0 Å². The lowest BCUT2D eigenvalue weighted by molar-refractivity contribution is -0.359. The van der Waals surface area contributed by atoms with E-state index in [1.165, 1.54) is 289 Å². The first-order valence-corrected chi connectivity index (χ1v) is 41.5. The molecule has 0 aromatic carbocycles. The second kappa shape index (κ2) is 67.8. The van der Waals surface area contributed by atoms with Gasteiger partial charge in [-0.1, -0.05) is 351 Å². The van der Waals surface area contributed by atoms with Crippen molar-refractivity contribution in [2.24, 2.45) is 0 Å². The molecular weight excluding hydrogens is 1230 g/mol. The smallest absolute Gasteiger partial charge is 0.220 e. The van der Waals surface area contributed by atoms with E-state index < -0.39 is 86.8 Å². The van der Waals surface area contributed by atoms with E-state index in [0.29, 0.717) is 12.8 Å². The summed E-state index contributed by atoms with van der Waals surface area (Å²) >= 11 is 0. The molecule has 0 aliphatic carbocycles. The molecule has 12 atom stereocenters. The summed E-state index contributed by atoms with van der Waals surface area (Å²) in [5, 5.41) is 87.7. The molecule has 2 saturated heterocycles. The zero-order valence-electron chi connectivity index (χ0n) is 63.0. The van der Waals surface area contributed by atoms with E-state index in [4.69, 9.17) is 18.9 Å². The molecular formula is C84H155NO13. The Morgan fingerprint density at radius 1 is 0.367 bits per heavy atom. The normalized spacial score (nSPS) is 22.3. The number of carbonyl (C=O) groups is 1. The van der Waals surface area contributed by atoms with Crippen LogP contribution in [0, 0.1) is 0 Å². The monoisotopic (exact) mass is 1390 g/mol. The lowest BCUT2D eigenvalue weighted by Gasteiger charge is -2.46. The van der Waals surface area contributed by atoms with Crippen LogP contribution < -0.4 is 5.32 Å². The van der Waals surface area contributed by atoms with Crippen molar-refractivity contribution in [3.63, 3.8) is 0 Å². The van der Waals surface area contributed by atoms with Gasteiger partial charge in [-0.15, -0.1) is 0 Å². The van der Waals surface area contributed by atoms with E-state index in [0.717, 1.165) is 51.4 Å². The number of nitrogens with one attached hydrogen (secondary N) is 1. The van der Waals surface area contributed by atoms with E-state index in [1.807, 2.05) is 6.08 Å². The molecule has 0 saturated carbocycles. The van der Waals surface area contributed by atoms with Gasteiger partial charge in [0.1, 0.15) is 48.8 Å². The molecule has 2 aliphatic rings. The standard InChI is InChI=1S/C84H155NO13/c1-3-5-7-9-11-13-15-17-19-21-23-25-27-29-31-33-34-35-36-37-38-40-42-44-46-48-50-52-54-56-58-60-62-64-66-68-76(89)85-72(71-95-83-81(94)79(92)82(75(70-87)97-83)98-84-80(93)78(91)77(90)74(69-86)96-84)73(88)67-65-63-61-59-57-55-53-51-49-47-45-43-41-39-32-30-28-26-24-22-20-18-16-14-12-10-8-6-4-2/h15,17,21,23,49,51,57,59,65,67,72-75,77-84,86-88,90-94H,3-14,16,18-20,22,24-48,50,52-56,58,60-64,66,68-71H2,1-2H3,(H,85,89)/b17-15-,23-21-,51-49+,59-57+,67-65+. The van der Waals surface area contributed by atoms with Crippen molar-refractivity contribution in [2.45, 2.75) is 447 Å². The predicted molar refractivity (Wildman–Crippen MR) is 406 cm³/mol. The first-order valence-electron chi connectivity index (χ1n) is 41.5. The highest BCUT2D eigenvalue weighted by Gasteiger charge is 2.51. The SMILES string of the molecule is CCCCCCC/C=C\C/C=C\CCCCCCCCCCCCCCCCCCCCCCCCCC(=O)NC(COC1OC(CO)C(OC2OC(CO)C(O)C(O)C2O)C(O)C1O)C(O)/C=C/CC/C=C/CC/C=C/CCCCCCCCCCCCCCCCCCCCC. The van der Waals surface area contributed by atoms with Crippen molar-refractivity contribution in [1.29, 1.82) is 0 Å². The van der Waals surface area contributed by atoms with Crippen LogP contribution in [0.5, 0.6) is 0 Å². The fraction of sp³-hybridized carbons (Fsp3) is 0.869. The van der Waals surface area contributed by atoms with Crippen LogP contribution in [0.15, 0.2) is 60.8 Å². The Kier molecular flexibility index (Phi) is 63.5. The van der Waals surface area contributed by atoms with Crippen molar-refractivity contribution in [1.82, 2.24) is 5.32 Å². The number of unbranched alkanes of at least 4 members (excludes halogenated alkanes) is 49. The summed E-state index contributed by atoms with van der Waals surface area (Å²) in [5.41, 5.74) is 0. The topological polar surface area (TPSA) is 228 Å². The highest BCUT2D eigenvalue weighted by Crippen LogP contribution is 2.30. The van der Waals surface area contributed by atoms with Gasteiger partial charge in [-0.3, -0.25) is 4.79 Å². The van der Waals surface area contributed by atoms with Gasteiger partial charge in [-0.2, -0.15) is 0 Å². The number of aliphatic hydroxyl groups excluding tert-OH is 8. The van der Waals surface area contributed by atoms with E-state index >= 15 is 0 Å². The molecule has 12 unspecified atom stereocenters. The molecule has 98 heavy (non-hydrogen) atoms. The van der Waals surface area contributed by atoms with Crippen molar-refractivity contribution in [3.05, 3.63) is 60.8 Å². The maximum Gasteiger partial charge on any atom is 0.220 e. The molecule has 14 nitrogen and oxygen atoms in total. The maximum absolute atomic E-state index is 13.4. The predicted octanol–water partition coefficient (Wildman–Crippen LogP) is 19.1. The van der Waals surface area contributed by atoms with Gasteiger partial charge in [-0.25, -0.2) is 0 Å². The first kappa shape index (κ1) is 91.8. The zero-order chi connectivity index (χ0) is 70.8. The lowest BCUT2D eigenvalue weighted by atomic mass is 9.97. The quantitative estimate of drug-likeness (QED) is 0.0204. The minimum absolute atomic E-state index is 0.247. The minimum Gasteiger partial charge on any atom is -0.394 e. The second-order valence-electron chi connectivity index (χ2n) is 29.2.